The number of aromatic nitrogens is 5. The summed E-state index contributed by atoms with van der Waals surface area (Å²) in [5, 5.41) is 3.31. The van der Waals surface area contributed by atoms with Gasteiger partial charge >= 0.3 is 0 Å². The maximum Gasteiger partial charge on any atom is 0.227 e. The molecule has 0 saturated heterocycles. The van der Waals surface area contributed by atoms with Gasteiger partial charge in [-0.05, 0) is 54.4 Å². The first-order valence-corrected chi connectivity index (χ1v) is 11.5. The molecule has 1 atom stereocenters. The molecule has 5 aromatic rings. The molecule has 0 aliphatic carbocycles. The van der Waals surface area contributed by atoms with Crippen LogP contribution in [-0.2, 0) is 16.8 Å². The van der Waals surface area contributed by atoms with Crippen LogP contribution in [0, 0.1) is 6.92 Å². The zero-order chi connectivity index (χ0) is 22.8. The van der Waals surface area contributed by atoms with Crippen molar-refractivity contribution in [2.24, 2.45) is 0 Å². The summed E-state index contributed by atoms with van der Waals surface area (Å²) in [6.07, 6.45) is 5.21. The smallest absolute Gasteiger partial charge is 0.227 e. The van der Waals surface area contributed by atoms with Gasteiger partial charge in [-0.25, -0.2) is 19.2 Å². The standard InChI is InChI=1S/C24H20N6O2S/c1-15-4-6-17(23-27-20-7-5-16(14-33(31)32)11-22(20)28-23)12-21(15)30-24-26-10-8-19(29-24)18-3-2-9-25-13-18/h2-13H,14H2,1H3,(H,27,28)(H,31,32)(H,26,29,30). The Kier molecular flexibility index (Phi) is 5.64. The lowest BCUT2D eigenvalue weighted by atomic mass is 10.1. The number of fused-ring (bicyclic) bond motifs is 1. The number of pyridine rings is 1. The molecule has 0 bridgehead atoms. The van der Waals surface area contributed by atoms with Gasteiger partial charge in [0.05, 0.1) is 22.5 Å². The van der Waals surface area contributed by atoms with Crippen LogP contribution in [0.3, 0.4) is 0 Å². The Morgan fingerprint density at radius 1 is 1.03 bits per heavy atom. The van der Waals surface area contributed by atoms with E-state index < -0.39 is 11.1 Å². The van der Waals surface area contributed by atoms with Gasteiger partial charge in [-0.15, -0.1) is 0 Å². The second kappa shape index (κ2) is 8.89. The van der Waals surface area contributed by atoms with Crippen LogP contribution < -0.4 is 5.32 Å². The van der Waals surface area contributed by atoms with Crippen molar-refractivity contribution in [3.05, 3.63) is 84.3 Å². The second-order valence-electron chi connectivity index (χ2n) is 7.56. The third kappa shape index (κ3) is 4.64. The number of rotatable bonds is 6. The van der Waals surface area contributed by atoms with Crippen molar-refractivity contribution in [1.29, 1.82) is 0 Å². The lowest BCUT2D eigenvalue weighted by Gasteiger charge is -2.10. The van der Waals surface area contributed by atoms with E-state index in [2.05, 4.69) is 30.2 Å². The Morgan fingerprint density at radius 2 is 1.94 bits per heavy atom. The molecule has 0 saturated carbocycles. The Hall–Kier alpha value is -3.95. The lowest BCUT2D eigenvalue weighted by molar-refractivity contribution is 0.563. The van der Waals surface area contributed by atoms with E-state index >= 15 is 0 Å². The van der Waals surface area contributed by atoms with Crippen LogP contribution in [-0.4, -0.2) is 33.7 Å². The van der Waals surface area contributed by atoms with E-state index in [9.17, 15) is 4.21 Å². The minimum atomic E-state index is -1.89. The number of imidazole rings is 1. The van der Waals surface area contributed by atoms with Crippen molar-refractivity contribution >= 4 is 33.7 Å². The van der Waals surface area contributed by atoms with E-state index in [-0.39, 0.29) is 5.75 Å². The quantitative estimate of drug-likeness (QED) is 0.313. The third-order valence-electron chi connectivity index (χ3n) is 5.21. The molecule has 2 aromatic carbocycles. The van der Waals surface area contributed by atoms with E-state index in [1.807, 2.05) is 61.5 Å². The summed E-state index contributed by atoms with van der Waals surface area (Å²) in [7, 11) is 0. The van der Waals surface area contributed by atoms with Gasteiger partial charge < -0.3 is 14.9 Å². The van der Waals surface area contributed by atoms with Gasteiger partial charge in [0.2, 0.25) is 5.95 Å². The number of hydrogen-bond donors (Lipinski definition) is 3. The molecule has 5 rings (SSSR count). The molecular formula is C24H20N6O2S. The number of anilines is 2. The molecule has 0 radical (unpaired) electrons. The summed E-state index contributed by atoms with van der Waals surface area (Å²) in [5.41, 5.74) is 6.89. The molecule has 0 aliphatic rings. The first-order chi connectivity index (χ1) is 16.0. The summed E-state index contributed by atoms with van der Waals surface area (Å²) < 4.78 is 20.3. The molecule has 9 heteroatoms. The minimum Gasteiger partial charge on any atom is -0.338 e. The summed E-state index contributed by atoms with van der Waals surface area (Å²) in [4.78, 5) is 21.1. The Morgan fingerprint density at radius 3 is 2.76 bits per heavy atom. The molecule has 164 valence electrons. The zero-order valence-corrected chi connectivity index (χ0v) is 18.5. The maximum absolute atomic E-state index is 11.1. The largest absolute Gasteiger partial charge is 0.338 e. The fourth-order valence-corrected chi connectivity index (χ4v) is 4.01. The number of aryl methyl sites for hydroxylation is 1. The fourth-order valence-electron chi connectivity index (χ4n) is 3.54. The topological polar surface area (TPSA) is 117 Å². The van der Waals surface area contributed by atoms with Crippen LogP contribution in [0.25, 0.3) is 33.7 Å². The van der Waals surface area contributed by atoms with Crippen molar-refractivity contribution < 1.29 is 8.76 Å². The molecule has 33 heavy (non-hydrogen) atoms. The highest BCUT2D eigenvalue weighted by molar-refractivity contribution is 7.78. The molecule has 1 unspecified atom stereocenters. The number of H-pyrrole nitrogens is 1. The molecule has 0 spiro atoms. The van der Waals surface area contributed by atoms with Crippen LogP contribution in [0.1, 0.15) is 11.1 Å². The van der Waals surface area contributed by atoms with Crippen molar-refractivity contribution in [3.8, 4) is 22.6 Å². The lowest BCUT2D eigenvalue weighted by Crippen LogP contribution is -2.00. The Labute approximate surface area is 192 Å². The summed E-state index contributed by atoms with van der Waals surface area (Å²) in [6.45, 7) is 2.01. The first kappa shape index (κ1) is 20.9. The monoisotopic (exact) mass is 456 g/mol. The number of benzene rings is 2. The number of hydrogen-bond acceptors (Lipinski definition) is 6. The highest BCUT2D eigenvalue weighted by Crippen LogP contribution is 2.28. The van der Waals surface area contributed by atoms with Gasteiger partial charge in [0.25, 0.3) is 0 Å². The van der Waals surface area contributed by atoms with Gasteiger partial charge in [-0.1, -0.05) is 18.2 Å². The van der Waals surface area contributed by atoms with Crippen LogP contribution in [0.15, 0.2) is 73.2 Å². The minimum absolute atomic E-state index is 0.0843. The van der Waals surface area contributed by atoms with Crippen molar-refractivity contribution in [1.82, 2.24) is 24.9 Å². The first-order valence-electron chi connectivity index (χ1n) is 10.2. The van der Waals surface area contributed by atoms with E-state index in [1.165, 1.54) is 0 Å². The van der Waals surface area contributed by atoms with Gasteiger partial charge in [0, 0.05) is 35.4 Å². The van der Waals surface area contributed by atoms with Crippen LogP contribution >= 0.6 is 0 Å². The molecule has 0 fully saturated rings. The predicted octanol–water partition coefficient (Wildman–Crippen LogP) is 4.86. The molecule has 0 aliphatic heterocycles. The van der Waals surface area contributed by atoms with Gasteiger partial charge in [-0.2, -0.15) is 0 Å². The number of aromatic amines is 1. The molecule has 0 amide bonds. The average molecular weight is 457 g/mol. The Balaban J connectivity index is 1.45. The average Bonchev–Trinajstić information content (AvgIpc) is 3.24. The highest BCUT2D eigenvalue weighted by Gasteiger charge is 2.10. The van der Waals surface area contributed by atoms with E-state index in [0.29, 0.717) is 11.8 Å². The van der Waals surface area contributed by atoms with Gasteiger partial charge in [-0.3, -0.25) is 4.98 Å². The number of nitrogens with zero attached hydrogens (tertiary/aromatic N) is 4. The van der Waals surface area contributed by atoms with Crippen LogP contribution in [0.2, 0.25) is 0 Å². The zero-order valence-electron chi connectivity index (χ0n) is 17.7. The van der Waals surface area contributed by atoms with Crippen LogP contribution in [0.5, 0.6) is 0 Å². The molecular weight excluding hydrogens is 436 g/mol. The summed E-state index contributed by atoms with van der Waals surface area (Å²) >= 11 is -1.89. The SMILES string of the molecule is Cc1ccc(-c2nc3ccc(CS(=O)O)cc3[nH]2)cc1Nc1nccc(-c2cccnc2)n1. The maximum atomic E-state index is 11.1. The molecule has 3 aromatic heterocycles. The van der Waals surface area contributed by atoms with Crippen LogP contribution in [0.4, 0.5) is 11.6 Å². The predicted molar refractivity (Wildman–Crippen MR) is 129 cm³/mol. The second-order valence-corrected chi connectivity index (χ2v) is 8.50. The molecule has 3 N–H and O–H groups in total. The summed E-state index contributed by atoms with van der Waals surface area (Å²) in [6, 6.07) is 17.2. The molecule has 3 heterocycles. The third-order valence-corrected chi connectivity index (χ3v) is 5.79. The highest BCUT2D eigenvalue weighted by atomic mass is 32.2. The Bertz CT molecular complexity index is 1470. The van der Waals surface area contributed by atoms with E-state index in [4.69, 9.17) is 4.55 Å². The number of nitrogens with one attached hydrogen (secondary N) is 2. The summed E-state index contributed by atoms with van der Waals surface area (Å²) in [5.74, 6) is 1.28. The molecule has 8 nitrogen and oxygen atoms in total. The fraction of sp³-hybridized carbons (Fsp3) is 0.0833. The van der Waals surface area contributed by atoms with E-state index in [0.717, 1.165) is 44.7 Å². The van der Waals surface area contributed by atoms with E-state index in [1.54, 1.807) is 18.6 Å². The van der Waals surface area contributed by atoms with Gasteiger partial charge in [0.1, 0.15) is 5.82 Å². The van der Waals surface area contributed by atoms with Crippen molar-refractivity contribution in [3.63, 3.8) is 0 Å². The normalized spacial score (nSPS) is 12.1. The van der Waals surface area contributed by atoms with Gasteiger partial charge in [0.15, 0.2) is 11.1 Å². The van der Waals surface area contributed by atoms with Crippen molar-refractivity contribution in [2.45, 2.75) is 12.7 Å². The van der Waals surface area contributed by atoms with Crippen molar-refractivity contribution in [2.75, 3.05) is 5.32 Å².